The van der Waals surface area contributed by atoms with E-state index >= 15 is 0 Å². The summed E-state index contributed by atoms with van der Waals surface area (Å²) in [7, 11) is -1.96. The van der Waals surface area contributed by atoms with Gasteiger partial charge in [-0.15, -0.1) is 0 Å². The van der Waals surface area contributed by atoms with E-state index in [0.29, 0.717) is 0 Å². The third-order valence-corrected chi connectivity index (χ3v) is 12.0. The van der Waals surface area contributed by atoms with Gasteiger partial charge in [-0.05, 0) is 83.9 Å². The predicted octanol–water partition coefficient (Wildman–Crippen LogP) is 8.02. The van der Waals surface area contributed by atoms with Crippen LogP contribution in [0.3, 0.4) is 0 Å². The molecule has 3 aromatic rings. The molecule has 34 heavy (non-hydrogen) atoms. The molecule has 1 heterocycles. The molecule has 1 unspecified atom stereocenters. The Bertz CT molecular complexity index is 1240. The van der Waals surface area contributed by atoms with Gasteiger partial charge >= 0.3 is 0 Å². The Morgan fingerprint density at radius 1 is 1.00 bits per heavy atom. The number of amides is 1. The number of carbonyl (C=O) groups excluding carboxylic acids is 1. The zero-order valence-corrected chi connectivity index (χ0v) is 22.9. The number of aryl methyl sites for hydroxylation is 2. The molecule has 4 rings (SSSR count). The van der Waals surface area contributed by atoms with Gasteiger partial charge in [0, 0.05) is 10.7 Å². The fourth-order valence-electron chi connectivity index (χ4n) is 4.33. The van der Waals surface area contributed by atoms with Gasteiger partial charge in [-0.2, -0.15) is 0 Å². The zero-order valence-electron chi connectivity index (χ0n) is 21.2. The summed E-state index contributed by atoms with van der Waals surface area (Å²) >= 11 is 6.35. The summed E-state index contributed by atoms with van der Waals surface area (Å²) in [5.74, 6) is 0.662. The molecule has 1 aliphatic rings. The van der Waals surface area contributed by atoms with E-state index in [9.17, 15) is 4.79 Å². The first kappa shape index (κ1) is 24.6. The van der Waals surface area contributed by atoms with Crippen molar-refractivity contribution < 1.29 is 9.22 Å². The van der Waals surface area contributed by atoms with Crippen LogP contribution in [0.4, 0.5) is 5.69 Å². The number of halogens is 1. The Balaban J connectivity index is 1.64. The molecule has 1 N–H and O–H groups in total. The highest BCUT2D eigenvalue weighted by Gasteiger charge is 2.40. The van der Waals surface area contributed by atoms with Gasteiger partial charge in [0.1, 0.15) is 5.75 Å². The number of nitrogens with one attached hydrogen (secondary N) is 1. The van der Waals surface area contributed by atoms with Crippen LogP contribution in [0.25, 0.3) is 0 Å². The molecule has 3 nitrogen and oxygen atoms in total. The number of hydrogen-bond acceptors (Lipinski definition) is 2. The average molecular weight is 492 g/mol. The van der Waals surface area contributed by atoms with E-state index in [0.717, 1.165) is 56.3 Å². The van der Waals surface area contributed by atoms with Crippen molar-refractivity contribution in [1.29, 1.82) is 0 Å². The molecule has 0 fully saturated rings. The van der Waals surface area contributed by atoms with Crippen LogP contribution in [0.5, 0.6) is 5.75 Å². The summed E-state index contributed by atoms with van der Waals surface area (Å²) in [5, 5.41) is 3.98. The van der Waals surface area contributed by atoms with E-state index < -0.39 is 8.32 Å². The van der Waals surface area contributed by atoms with Crippen LogP contribution in [0.2, 0.25) is 23.2 Å². The molecular formula is C29H34ClNO2Si. The number of fused-ring (bicyclic) bond motifs is 1. The summed E-state index contributed by atoms with van der Waals surface area (Å²) in [4.78, 5) is 13.1. The molecule has 1 amide bonds. The number of rotatable bonds is 5. The van der Waals surface area contributed by atoms with Crippen molar-refractivity contribution in [2.24, 2.45) is 0 Å². The minimum absolute atomic E-state index is 0.0155. The van der Waals surface area contributed by atoms with Gasteiger partial charge in [0.15, 0.2) is 0 Å². The lowest BCUT2D eigenvalue weighted by atomic mass is 9.89. The summed E-state index contributed by atoms with van der Waals surface area (Å²) in [6, 6.07) is 18.4. The largest absolute Gasteiger partial charge is 0.543 e. The number of anilines is 1. The van der Waals surface area contributed by atoms with Crippen LogP contribution in [0.15, 0.2) is 54.6 Å². The fourth-order valence-corrected chi connectivity index (χ4v) is 5.67. The van der Waals surface area contributed by atoms with Crippen molar-refractivity contribution >= 4 is 31.5 Å². The van der Waals surface area contributed by atoms with Crippen LogP contribution in [0, 0.1) is 13.8 Å². The van der Waals surface area contributed by atoms with Crippen molar-refractivity contribution in [3.63, 3.8) is 0 Å². The molecule has 1 atom stereocenters. The van der Waals surface area contributed by atoms with Gasteiger partial charge in [-0.3, -0.25) is 4.79 Å². The van der Waals surface area contributed by atoms with E-state index in [1.807, 2.05) is 24.3 Å². The first-order valence-electron chi connectivity index (χ1n) is 11.8. The molecule has 0 radical (unpaired) electrons. The maximum absolute atomic E-state index is 13.1. The standard InChI is InChI=1S/C29H34ClNO2Si/c1-18-14-22(15-19(2)27(18)33-34(6,7)29(3,4)5)26-23-13-12-20(17-25(23)31-28(26)32)16-21-10-8-9-11-24(21)30/h8-15,17,26H,16H2,1-7H3,(H,31,32). The second-order valence-corrected chi connectivity index (χ2v) is 16.1. The van der Waals surface area contributed by atoms with Gasteiger partial charge in [-0.25, -0.2) is 0 Å². The first-order chi connectivity index (χ1) is 15.9. The van der Waals surface area contributed by atoms with Gasteiger partial charge in [-0.1, -0.05) is 74.8 Å². The Hall–Kier alpha value is -2.56. The van der Waals surface area contributed by atoms with Crippen LogP contribution in [0.1, 0.15) is 60.1 Å². The van der Waals surface area contributed by atoms with E-state index in [1.165, 1.54) is 0 Å². The molecular weight excluding hydrogens is 458 g/mol. The van der Waals surface area contributed by atoms with E-state index in [4.69, 9.17) is 16.0 Å². The van der Waals surface area contributed by atoms with E-state index in [2.05, 4.69) is 83.4 Å². The Morgan fingerprint density at radius 2 is 1.65 bits per heavy atom. The van der Waals surface area contributed by atoms with Crippen LogP contribution in [-0.4, -0.2) is 14.2 Å². The molecule has 0 saturated carbocycles. The van der Waals surface area contributed by atoms with Gasteiger partial charge < -0.3 is 9.74 Å². The quantitative estimate of drug-likeness (QED) is 0.367. The maximum Gasteiger partial charge on any atom is 0.250 e. The highest BCUT2D eigenvalue weighted by Crippen LogP contribution is 2.42. The van der Waals surface area contributed by atoms with Gasteiger partial charge in [0.25, 0.3) is 8.32 Å². The third-order valence-electron chi connectivity index (χ3n) is 7.28. The lowest BCUT2D eigenvalue weighted by Crippen LogP contribution is -2.44. The minimum atomic E-state index is -1.96. The Labute approximate surface area is 209 Å². The molecule has 0 spiro atoms. The minimum Gasteiger partial charge on any atom is -0.543 e. The predicted molar refractivity (Wildman–Crippen MR) is 145 cm³/mol. The Kier molecular flexibility index (Phi) is 6.43. The smallest absolute Gasteiger partial charge is 0.250 e. The fraction of sp³-hybridized carbons (Fsp3) is 0.345. The first-order valence-corrected chi connectivity index (χ1v) is 15.1. The molecule has 0 saturated heterocycles. The van der Waals surface area contributed by atoms with Gasteiger partial charge in [0.05, 0.1) is 5.92 Å². The second kappa shape index (κ2) is 8.90. The number of hydrogen-bond donors (Lipinski definition) is 1. The second-order valence-electron chi connectivity index (χ2n) is 11.0. The molecule has 178 valence electrons. The summed E-state index contributed by atoms with van der Waals surface area (Å²) in [6.45, 7) is 15.4. The molecule has 0 aromatic heterocycles. The monoisotopic (exact) mass is 491 g/mol. The average Bonchev–Trinajstić information content (AvgIpc) is 3.06. The summed E-state index contributed by atoms with van der Waals surface area (Å²) in [6.07, 6.45) is 0.727. The topological polar surface area (TPSA) is 38.3 Å². The molecule has 0 bridgehead atoms. The lowest BCUT2D eigenvalue weighted by Gasteiger charge is -2.37. The van der Waals surface area contributed by atoms with Crippen molar-refractivity contribution in [2.75, 3.05) is 5.32 Å². The number of benzene rings is 3. The molecule has 3 aromatic carbocycles. The van der Waals surface area contributed by atoms with Crippen molar-refractivity contribution in [2.45, 2.75) is 65.1 Å². The molecule has 1 aliphatic heterocycles. The maximum atomic E-state index is 13.1. The van der Waals surface area contributed by atoms with Crippen molar-refractivity contribution in [3.8, 4) is 5.75 Å². The highest BCUT2D eigenvalue weighted by molar-refractivity contribution is 6.74. The van der Waals surface area contributed by atoms with E-state index in [-0.39, 0.29) is 16.9 Å². The zero-order chi connectivity index (χ0) is 24.8. The summed E-state index contributed by atoms with van der Waals surface area (Å²) in [5.41, 5.74) is 7.27. The number of carbonyl (C=O) groups is 1. The SMILES string of the molecule is Cc1cc(C2C(=O)Nc3cc(Cc4ccccc4Cl)ccc32)cc(C)c1O[Si](C)(C)C(C)(C)C. The Morgan fingerprint density at radius 3 is 2.26 bits per heavy atom. The van der Waals surface area contributed by atoms with E-state index in [1.54, 1.807) is 0 Å². The van der Waals surface area contributed by atoms with Crippen molar-refractivity contribution in [3.05, 3.63) is 93.0 Å². The lowest BCUT2D eigenvalue weighted by molar-refractivity contribution is -0.116. The molecule has 0 aliphatic carbocycles. The summed E-state index contributed by atoms with van der Waals surface area (Å²) < 4.78 is 6.65. The highest BCUT2D eigenvalue weighted by atomic mass is 35.5. The van der Waals surface area contributed by atoms with Crippen molar-refractivity contribution in [1.82, 2.24) is 0 Å². The third kappa shape index (κ3) is 4.66. The van der Waals surface area contributed by atoms with Crippen LogP contribution < -0.4 is 9.74 Å². The molecule has 5 heteroatoms. The normalized spacial score (nSPS) is 15.8. The van der Waals surface area contributed by atoms with Gasteiger partial charge in [0.2, 0.25) is 5.91 Å². The van der Waals surface area contributed by atoms with Crippen LogP contribution in [-0.2, 0) is 11.2 Å². The van der Waals surface area contributed by atoms with Crippen LogP contribution >= 0.6 is 11.6 Å².